The van der Waals surface area contributed by atoms with E-state index in [4.69, 9.17) is 30.1 Å². The van der Waals surface area contributed by atoms with Crippen LogP contribution in [0.3, 0.4) is 0 Å². The minimum absolute atomic E-state index is 0. The van der Waals surface area contributed by atoms with Crippen molar-refractivity contribution in [2.75, 3.05) is 0 Å². The summed E-state index contributed by atoms with van der Waals surface area (Å²) in [6.07, 6.45) is 0. The first kappa shape index (κ1) is 46.8. The molecule has 0 radical (unpaired) electrons. The Balaban J connectivity index is -0.0000000309. The molecule has 6 nitrogen and oxygen atoms in total. The number of hydrogen-bond donors (Lipinski definition) is 0. The Hall–Kier alpha value is 3.72. The van der Waals surface area contributed by atoms with Gasteiger partial charge in [0, 0.05) is 21.1 Å². The quantitative estimate of drug-likeness (QED) is 0.292. The molecular formula is C6H18B6Br6MoO6-6. The Bertz CT molecular complexity index is 129. The minimum Gasteiger partial charge on any atom is -0.893 e. The molecule has 0 rings (SSSR count). The molecule has 0 atom stereocenters. The first-order valence-electron chi connectivity index (χ1n) is 6.19. The van der Waals surface area contributed by atoms with Crippen molar-refractivity contribution in [3.8, 4) is 0 Å². The molecule has 0 spiro atoms. The molecule has 0 N–H and O–H groups in total. The summed E-state index contributed by atoms with van der Waals surface area (Å²) in [5, 5.41) is 53.8. The van der Waals surface area contributed by atoms with Crippen molar-refractivity contribution in [2.45, 2.75) is 40.9 Å². The summed E-state index contributed by atoms with van der Waals surface area (Å²) < 4.78 is 1.37. The fourth-order valence-corrected chi connectivity index (χ4v) is 0. The third-order valence-corrected chi connectivity index (χ3v) is 0. The molecule has 25 heavy (non-hydrogen) atoms. The SMILES string of the molecule is CB(Br)Br.CB(Br)Br.CB(Br)Br.CB([O-])[O-].CB([O-])[O-].CB([O-])[O-].[Mo]. The number of hydrogen-bond acceptors (Lipinski definition) is 6. The van der Waals surface area contributed by atoms with Crippen LogP contribution < -0.4 is 30.1 Å². The molecule has 0 aliphatic heterocycles. The molecule has 0 fully saturated rings. The smallest absolute Gasteiger partial charge is 0.295 e. The van der Waals surface area contributed by atoms with E-state index in [1.165, 1.54) is 0 Å². The van der Waals surface area contributed by atoms with Gasteiger partial charge in [0.25, 0.3) is 13.1 Å². The van der Waals surface area contributed by atoms with E-state index in [0.29, 0.717) is 13.1 Å². The van der Waals surface area contributed by atoms with Crippen LogP contribution in [0.4, 0.5) is 0 Å². The topological polar surface area (TPSA) is 138 Å². The monoisotopic (exact) mass is 824 g/mol. The van der Waals surface area contributed by atoms with Crippen molar-refractivity contribution >= 4 is 129 Å². The number of halogens is 6. The molecule has 0 bridgehead atoms. The Morgan fingerprint density at radius 1 is 0.400 bits per heavy atom. The zero-order valence-corrected chi connectivity index (χ0v) is 26.1. The molecule has 0 saturated heterocycles. The van der Waals surface area contributed by atoms with Crippen LogP contribution in [0.15, 0.2) is 0 Å². The summed E-state index contributed by atoms with van der Waals surface area (Å²) in [5.74, 6) is 0. The van der Waals surface area contributed by atoms with E-state index in [1.54, 1.807) is 0 Å². The first-order valence-corrected chi connectivity index (χ1v) is 11.7. The third kappa shape index (κ3) is 1330. The minimum atomic E-state index is -1.67. The molecule has 0 heterocycles. The third-order valence-electron chi connectivity index (χ3n) is 0. The van der Waals surface area contributed by atoms with E-state index in [1.807, 2.05) is 20.5 Å². The maximum absolute atomic E-state index is 8.97. The van der Waals surface area contributed by atoms with Crippen LogP contribution in [-0.2, 0) is 21.1 Å². The molecule has 0 aromatic carbocycles. The Morgan fingerprint density at radius 2 is 0.400 bits per heavy atom. The summed E-state index contributed by atoms with van der Waals surface area (Å²) in [5.41, 5.74) is 0. The largest absolute Gasteiger partial charge is 0.893 e. The van der Waals surface area contributed by atoms with E-state index in [2.05, 4.69) is 94.5 Å². The summed E-state index contributed by atoms with van der Waals surface area (Å²) in [4.78, 5) is 0. The molecule has 19 heteroatoms. The predicted molar refractivity (Wildman–Crippen MR) is 123 cm³/mol. The maximum atomic E-state index is 8.97. The Labute approximate surface area is 218 Å². The van der Waals surface area contributed by atoms with Gasteiger partial charge < -0.3 is 30.1 Å². The van der Waals surface area contributed by atoms with Gasteiger partial charge in [0.05, 0.1) is 0 Å². The van der Waals surface area contributed by atoms with Crippen LogP contribution in [0.1, 0.15) is 0 Å². The van der Waals surface area contributed by atoms with Crippen molar-refractivity contribution in [3.05, 3.63) is 0 Å². The second-order valence-electron chi connectivity index (χ2n) is 3.26. The van der Waals surface area contributed by atoms with Gasteiger partial charge in [-0.3, -0.25) is 0 Å². The van der Waals surface area contributed by atoms with Gasteiger partial charge in [-0.2, -0.15) is 0 Å². The summed E-state index contributed by atoms with van der Waals surface area (Å²) in [6.45, 7) is 9.17. The van der Waals surface area contributed by atoms with Gasteiger partial charge in [0.15, 0.2) is 0 Å². The van der Waals surface area contributed by atoms with E-state index in [9.17, 15) is 0 Å². The normalized spacial score (nSPS) is 6.48. The average Bonchev–Trinajstić information content (AvgIpc) is 2.08. The second kappa shape index (κ2) is 41.9. The van der Waals surface area contributed by atoms with Gasteiger partial charge in [-0.25, -0.2) is 0 Å². The van der Waals surface area contributed by atoms with E-state index in [-0.39, 0.29) is 21.1 Å². The predicted octanol–water partition coefficient (Wildman–Crippen LogP) is -0.845. The molecule has 0 unspecified atom stereocenters. The molecule has 0 amide bonds. The summed E-state index contributed by atoms with van der Waals surface area (Å²) >= 11 is 19.1. The fourth-order valence-electron chi connectivity index (χ4n) is 0. The fraction of sp³-hybridized carbons (Fsp3) is 1.00. The van der Waals surface area contributed by atoms with Crippen molar-refractivity contribution in [1.82, 2.24) is 0 Å². The van der Waals surface area contributed by atoms with Gasteiger partial charge in [0.2, 0.25) is 0 Å². The van der Waals surface area contributed by atoms with Crippen LogP contribution in [0.2, 0.25) is 40.9 Å². The van der Waals surface area contributed by atoms with E-state index >= 15 is 0 Å². The zero-order chi connectivity index (χ0) is 21.5. The summed E-state index contributed by atoms with van der Waals surface area (Å²) in [6, 6.07) is 0. The van der Waals surface area contributed by atoms with Gasteiger partial charge >= 0.3 is 0 Å². The molecule has 0 aliphatic carbocycles. The van der Waals surface area contributed by atoms with Gasteiger partial charge in [-0.1, -0.05) is 20.5 Å². The van der Waals surface area contributed by atoms with Crippen LogP contribution in [0, 0.1) is 0 Å². The van der Waals surface area contributed by atoms with Gasteiger partial charge in [-0.05, 0) is 0 Å². The van der Waals surface area contributed by atoms with Crippen LogP contribution in [0.5, 0.6) is 0 Å². The van der Waals surface area contributed by atoms with Crippen LogP contribution in [-0.4, -0.2) is 34.4 Å². The van der Waals surface area contributed by atoms with E-state index in [0.717, 1.165) is 20.5 Å². The maximum Gasteiger partial charge on any atom is 0.295 e. The van der Waals surface area contributed by atoms with Crippen LogP contribution >= 0.6 is 94.5 Å². The van der Waals surface area contributed by atoms with Gasteiger partial charge in [0.1, 0.15) is 0 Å². The molecule has 0 aromatic rings. The van der Waals surface area contributed by atoms with Crippen molar-refractivity contribution in [1.29, 1.82) is 0 Å². The molecule has 150 valence electrons. The Kier molecular flexibility index (Phi) is 78.5. The molecule has 0 aromatic heterocycles. The summed E-state index contributed by atoms with van der Waals surface area (Å²) in [7, 11) is -5.00. The molecular weight excluding hydrogens is 808 g/mol. The van der Waals surface area contributed by atoms with Crippen molar-refractivity contribution < 1.29 is 51.2 Å². The van der Waals surface area contributed by atoms with Crippen molar-refractivity contribution in [3.63, 3.8) is 0 Å². The molecule has 0 aliphatic rings. The van der Waals surface area contributed by atoms with Crippen LogP contribution in [0.25, 0.3) is 0 Å². The number of rotatable bonds is 0. The van der Waals surface area contributed by atoms with Crippen molar-refractivity contribution in [2.24, 2.45) is 0 Å². The first-order chi connectivity index (χ1) is 10.4. The standard InChI is InChI=1S/3CH3BBr2.3CH3BO2.Mo/c6*1-2(3)4;/h6*1H3;/q;;;3*-2;. The second-order valence-corrected chi connectivity index (χ2v) is 15.2. The average molecular weight is 826 g/mol. The molecule has 0 saturated carbocycles. The van der Waals surface area contributed by atoms with Gasteiger partial charge in [-0.15, -0.1) is 136 Å². The zero-order valence-electron chi connectivity index (χ0n) is 14.6. The Morgan fingerprint density at radius 3 is 0.400 bits per heavy atom. The van der Waals surface area contributed by atoms with E-state index < -0.39 is 21.4 Å².